The zero-order valence-corrected chi connectivity index (χ0v) is 17.0. The first-order valence-corrected chi connectivity index (χ1v) is 11.1. The molecule has 0 saturated carbocycles. The van der Waals surface area contributed by atoms with Gasteiger partial charge in [0.05, 0.1) is 17.3 Å². The first kappa shape index (κ1) is 20.0. The van der Waals surface area contributed by atoms with Crippen molar-refractivity contribution in [2.24, 2.45) is 0 Å². The van der Waals surface area contributed by atoms with Crippen molar-refractivity contribution in [3.63, 3.8) is 0 Å². The topological polar surface area (TPSA) is 60.5 Å². The molecule has 0 amide bonds. The van der Waals surface area contributed by atoms with E-state index in [-0.39, 0.29) is 0 Å². The Balaban J connectivity index is 1.95. The first-order valence-electron chi connectivity index (χ1n) is 8.97. The lowest BCUT2D eigenvalue weighted by atomic mass is 9.99. The number of hydrogen-bond donors (Lipinski definition) is 0. The van der Waals surface area contributed by atoms with E-state index in [1.54, 1.807) is 23.5 Å². The molecule has 0 radical (unpaired) electrons. The molecular weight excluding hydrogens is 382 g/mol. The van der Waals surface area contributed by atoms with Crippen LogP contribution in [0, 0.1) is 22.7 Å². The van der Waals surface area contributed by atoms with Gasteiger partial charge in [-0.25, -0.2) is 4.98 Å². The molecule has 2 aromatic carbocycles. The van der Waals surface area contributed by atoms with Gasteiger partial charge in [0.25, 0.3) is 0 Å². The highest BCUT2D eigenvalue weighted by Gasteiger charge is 2.15. The van der Waals surface area contributed by atoms with Gasteiger partial charge in [0.1, 0.15) is 11.1 Å². The van der Waals surface area contributed by atoms with Crippen LogP contribution in [0.3, 0.4) is 0 Å². The summed E-state index contributed by atoms with van der Waals surface area (Å²) in [5.41, 5.74) is 4.45. The molecule has 1 aromatic heterocycles. The van der Waals surface area contributed by atoms with Crippen molar-refractivity contribution in [3.8, 4) is 34.5 Å². The highest BCUT2D eigenvalue weighted by atomic mass is 32.2. The quantitative estimate of drug-likeness (QED) is 0.249. The number of hydrogen-bond acceptors (Lipinski definition) is 5. The van der Waals surface area contributed by atoms with Gasteiger partial charge < -0.3 is 0 Å². The zero-order chi connectivity index (χ0) is 19.6. The molecule has 0 bridgehead atoms. The van der Waals surface area contributed by atoms with E-state index in [1.807, 2.05) is 66.7 Å². The molecule has 28 heavy (non-hydrogen) atoms. The smallest absolute Gasteiger partial charge is 0.116 e. The van der Waals surface area contributed by atoms with Gasteiger partial charge >= 0.3 is 0 Å². The lowest BCUT2D eigenvalue weighted by Gasteiger charge is -2.12. The van der Waals surface area contributed by atoms with Gasteiger partial charge in [-0.15, -0.1) is 0 Å². The predicted molar refractivity (Wildman–Crippen MR) is 118 cm³/mol. The number of benzene rings is 2. The summed E-state index contributed by atoms with van der Waals surface area (Å²) in [5, 5.41) is 20.0. The standard InChI is InChI=1S/C23H19N3S2/c24-13-7-8-14-27-17-28-23-21(16-25)20(18-9-3-1-4-10-18)15-22(26-23)19-11-5-2-6-12-19/h1-6,9-12,15H,7-8,14,17H2. The number of rotatable bonds is 8. The third kappa shape index (κ3) is 5.16. The van der Waals surface area contributed by atoms with Gasteiger partial charge in [0, 0.05) is 22.6 Å². The van der Waals surface area contributed by atoms with Crippen molar-refractivity contribution >= 4 is 23.5 Å². The summed E-state index contributed by atoms with van der Waals surface area (Å²) in [5.74, 6) is 0.937. The Hall–Kier alpha value is -2.73. The van der Waals surface area contributed by atoms with Crippen LogP contribution in [0.25, 0.3) is 22.4 Å². The Morgan fingerprint density at radius 1 is 0.893 bits per heavy atom. The van der Waals surface area contributed by atoms with Crippen molar-refractivity contribution in [3.05, 3.63) is 72.3 Å². The van der Waals surface area contributed by atoms with Crippen molar-refractivity contribution in [1.82, 2.24) is 4.98 Å². The third-order valence-corrected chi connectivity index (χ3v) is 6.39. The molecule has 5 heteroatoms. The largest absolute Gasteiger partial charge is 0.240 e. The van der Waals surface area contributed by atoms with Crippen LogP contribution in [-0.2, 0) is 0 Å². The van der Waals surface area contributed by atoms with Crippen molar-refractivity contribution < 1.29 is 0 Å². The Kier molecular flexibility index (Phi) is 7.55. The fraction of sp³-hybridized carbons (Fsp3) is 0.174. The van der Waals surface area contributed by atoms with Crippen molar-refractivity contribution in [1.29, 1.82) is 10.5 Å². The summed E-state index contributed by atoms with van der Waals surface area (Å²) < 4.78 is 0. The number of aromatic nitrogens is 1. The Labute approximate surface area is 174 Å². The maximum absolute atomic E-state index is 9.85. The van der Waals surface area contributed by atoms with E-state index in [9.17, 15) is 5.26 Å². The highest BCUT2D eigenvalue weighted by molar-refractivity contribution is 8.15. The van der Waals surface area contributed by atoms with E-state index >= 15 is 0 Å². The predicted octanol–water partition coefficient (Wildman–Crippen LogP) is 6.37. The number of nitriles is 2. The second-order valence-corrected chi connectivity index (χ2v) is 8.45. The molecule has 138 valence electrons. The molecule has 3 nitrogen and oxygen atoms in total. The first-order chi connectivity index (χ1) is 13.8. The number of unbranched alkanes of at least 4 members (excludes halogenated alkanes) is 1. The Morgan fingerprint density at radius 2 is 1.57 bits per heavy atom. The number of nitrogens with zero attached hydrogens (tertiary/aromatic N) is 3. The molecule has 3 rings (SSSR count). The van der Waals surface area contributed by atoms with Crippen molar-refractivity contribution in [2.45, 2.75) is 17.9 Å². The molecule has 0 spiro atoms. The summed E-state index contributed by atoms with van der Waals surface area (Å²) in [4.78, 5) is 4.81. The second kappa shape index (κ2) is 10.6. The highest BCUT2D eigenvalue weighted by Crippen LogP contribution is 2.35. The van der Waals surface area contributed by atoms with Crippen LogP contribution in [0.2, 0.25) is 0 Å². The van der Waals surface area contributed by atoms with Crippen molar-refractivity contribution in [2.75, 3.05) is 10.8 Å². The maximum atomic E-state index is 9.85. The molecule has 0 aliphatic rings. The number of thioether (sulfide) groups is 2. The fourth-order valence-corrected chi connectivity index (χ4v) is 4.81. The average molecular weight is 402 g/mol. The summed E-state index contributed by atoms with van der Waals surface area (Å²) in [6, 6.07) is 26.6. The average Bonchev–Trinajstić information content (AvgIpc) is 2.76. The van der Waals surface area contributed by atoms with Crippen LogP contribution >= 0.6 is 23.5 Å². The van der Waals surface area contributed by atoms with E-state index in [0.29, 0.717) is 12.0 Å². The van der Waals surface area contributed by atoms with Gasteiger partial charge in [-0.05, 0) is 23.8 Å². The summed E-state index contributed by atoms with van der Waals surface area (Å²) >= 11 is 3.37. The Morgan fingerprint density at radius 3 is 2.21 bits per heavy atom. The second-order valence-electron chi connectivity index (χ2n) is 6.01. The molecule has 0 aliphatic heterocycles. The zero-order valence-electron chi connectivity index (χ0n) is 15.3. The lowest BCUT2D eigenvalue weighted by molar-refractivity contribution is 0.983. The van der Waals surface area contributed by atoms with Crippen LogP contribution in [0.15, 0.2) is 71.8 Å². The minimum absolute atomic E-state index is 0.584. The molecule has 1 heterocycles. The minimum atomic E-state index is 0.584. The van der Waals surface area contributed by atoms with Gasteiger partial charge in [0.2, 0.25) is 0 Å². The monoisotopic (exact) mass is 401 g/mol. The van der Waals surface area contributed by atoms with Gasteiger partial charge in [-0.1, -0.05) is 72.4 Å². The van der Waals surface area contributed by atoms with Gasteiger partial charge in [-0.3, -0.25) is 0 Å². The summed E-state index contributed by atoms with van der Waals surface area (Å²) in [6.45, 7) is 0. The molecule has 0 unspecified atom stereocenters. The molecular formula is C23H19N3S2. The normalized spacial score (nSPS) is 10.2. The molecule has 0 N–H and O–H groups in total. The van der Waals surface area contributed by atoms with E-state index in [4.69, 9.17) is 10.2 Å². The molecule has 0 fully saturated rings. The van der Waals surface area contributed by atoms with E-state index in [2.05, 4.69) is 12.1 Å². The van der Waals surface area contributed by atoms with E-state index in [0.717, 1.165) is 44.7 Å². The van der Waals surface area contributed by atoms with Crippen LogP contribution in [0.4, 0.5) is 0 Å². The fourth-order valence-electron chi connectivity index (χ4n) is 2.75. The maximum Gasteiger partial charge on any atom is 0.116 e. The van der Waals surface area contributed by atoms with E-state index in [1.165, 1.54) is 0 Å². The van der Waals surface area contributed by atoms with Crippen LogP contribution in [-0.4, -0.2) is 15.8 Å². The molecule has 0 atom stereocenters. The minimum Gasteiger partial charge on any atom is -0.240 e. The SMILES string of the molecule is N#CCCCSCSc1nc(-c2ccccc2)cc(-c2ccccc2)c1C#N. The summed E-state index contributed by atoms with van der Waals surface area (Å²) in [7, 11) is 0. The number of pyridine rings is 1. The summed E-state index contributed by atoms with van der Waals surface area (Å²) in [6.07, 6.45) is 1.47. The Bertz CT molecular complexity index is 990. The lowest BCUT2D eigenvalue weighted by Crippen LogP contribution is -1.96. The van der Waals surface area contributed by atoms with Gasteiger partial charge in [-0.2, -0.15) is 22.3 Å². The molecule has 3 aromatic rings. The van der Waals surface area contributed by atoms with Crippen LogP contribution in [0.1, 0.15) is 18.4 Å². The molecule has 0 aliphatic carbocycles. The van der Waals surface area contributed by atoms with Gasteiger partial charge in [0.15, 0.2) is 0 Å². The van der Waals surface area contributed by atoms with E-state index < -0.39 is 0 Å². The molecule has 0 saturated heterocycles. The van der Waals surface area contributed by atoms with Crippen LogP contribution < -0.4 is 0 Å². The third-order valence-electron chi connectivity index (χ3n) is 4.11. The van der Waals surface area contributed by atoms with Crippen LogP contribution in [0.5, 0.6) is 0 Å².